The van der Waals surface area contributed by atoms with Crippen LogP contribution in [0.2, 0.25) is 0 Å². The maximum absolute atomic E-state index is 13.4. The van der Waals surface area contributed by atoms with Gasteiger partial charge in [0.15, 0.2) is 0 Å². The minimum absolute atomic E-state index is 0.0732. The molecule has 0 unspecified atom stereocenters. The van der Waals surface area contributed by atoms with Gasteiger partial charge < -0.3 is 4.74 Å². The molecule has 8 nitrogen and oxygen atoms in total. The number of hydrogen-bond donors (Lipinski definition) is 1. The number of methoxy groups -OCH3 is 1. The predicted octanol–water partition coefficient (Wildman–Crippen LogP) is 4.90. The number of halogens is 1. The van der Waals surface area contributed by atoms with E-state index in [9.17, 15) is 19.3 Å². The molecular formula is C25H21FN4O4. The van der Waals surface area contributed by atoms with E-state index < -0.39 is 4.92 Å². The SMILES string of the molecule is COc1ccc(-c2[nH]n(-c3ccc([N+](=O)[O-])cc3)c(=O)c2C(C)=NCc2ccc(F)cc2)cc1. The molecule has 0 atom stereocenters. The van der Waals surface area contributed by atoms with E-state index in [1.807, 2.05) is 12.1 Å². The van der Waals surface area contributed by atoms with Gasteiger partial charge in [-0.2, -0.15) is 0 Å². The van der Waals surface area contributed by atoms with Crippen LogP contribution in [0.4, 0.5) is 10.1 Å². The molecule has 0 aliphatic carbocycles. The number of ether oxygens (including phenoxy) is 1. The second-order valence-corrected chi connectivity index (χ2v) is 7.53. The Hall–Kier alpha value is -4.53. The molecule has 0 saturated heterocycles. The summed E-state index contributed by atoms with van der Waals surface area (Å²) in [7, 11) is 1.57. The van der Waals surface area contributed by atoms with Crippen LogP contribution in [-0.2, 0) is 6.54 Å². The van der Waals surface area contributed by atoms with Crippen molar-refractivity contribution in [3.63, 3.8) is 0 Å². The van der Waals surface area contributed by atoms with Gasteiger partial charge in [-0.05, 0) is 61.0 Å². The zero-order valence-corrected chi connectivity index (χ0v) is 18.5. The first-order valence-electron chi connectivity index (χ1n) is 10.4. The van der Waals surface area contributed by atoms with Gasteiger partial charge in [0, 0.05) is 23.4 Å². The summed E-state index contributed by atoms with van der Waals surface area (Å²) in [5.74, 6) is 0.340. The molecule has 4 aromatic rings. The van der Waals surface area contributed by atoms with Crippen LogP contribution >= 0.6 is 0 Å². The molecule has 34 heavy (non-hydrogen) atoms. The second kappa shape index (κ2) is 9.53. The highest BCUT2D eigenvalue weighted by Crippen LogP contribution is 2.25. The first kappa shape index (κ1) is 22.7. The normalized spacial score (nSPS) is 11.4. The summed E-state index contributed by atoms with van der Waals surface area (Å²) in [5.41, 5.74) is 2.98. The lowest BCUT2D eigenvalue weighted by molar-refractivity contribution is -0.384. The lowest BCUT2D eigenvalue weighted by atomic mass is 10.0. The molecule has 0 amide bonds. The second-order valence-electron chi connectivity index (χ2n) is 7.53. The highest BCUT2D eigenvalue weighted by atomic mass is 19.1. The van der Waals surface area contributed by atoms with Gasteiger partial charge in [-0.25, -0.2) is 9.07 Å². The summed E-state index contributed by atoms with van der Waals surface area (Å²) < 4.78 is 19.8. The van der Waals surface area contributed by atoms with E-state index in [-0.39, 0.29) is 23.6 Å². The molecule has 4 rings (SSSR count). The number of aromatic nitrogens is 2. The summed E-state index contributed by atoms with van der Waals surface area (Å²) in [6.45, 7) is 2.01. The van der Waals surface area contributed by atoms with E-state index in [0.29, 0.717) is 28.4 Å². The van der Waals surface area contributed by atoms with Crippen LogP contribution in [-0.4, -0.2) is 27.5 Å². The van der Waals surface area contributed by atoms with Gasteiger partial charge in [-0.15, -0.1) is 0 Å². The van der Waals surface area contributed by atoms with E-state index in [4.69, 9.17) is 4.74 Å². The van der Waals surface area contributed by atoms with Crippen LogP contribution in [0.3, 0.4) is 0 Å². The minimum Gasteiger partial charge on any atom is -0.497 e. The smallest absolute Gasteiger partial charge is 0.280 e. The molecule has 3 aromatic carbocycles. The Balaban J connectivity index is 1.80. The van der Waals surface area contributed by atoms with Crippen molar-refractivity contribution in [2.45, 2.75) is 13.5 Å². The monoisotopic (exact) mass is 460 g/mol. The Bertz CT molecular complexity index is 1400. The van der Waals surface area contributed by atoms with Crippen LogP contribution in [0.15, 0.2) is 82.6 Å². The molecule has 1 heterocycles. The van der Waals surface area contributed by atoms with Crippen molar-refractivity contribution >= 4 is 11.4 Å². The van der Waals surface area contributed by atoms with E-state index in [1.165, 1.54) is 41.1 Å². The first-order chi connectivity index (χ1) is 16.4. The topological polar surface area (TPSA) is 103 Å². The van der Waals surface area contributed by atoms with Crippen LogP contribution in [0, 0.1) is 15.9 Å². The molecule has 0 bridgehead atoms. The zero-order valence-electron chi connectivity index (χ0n) is 18.5. The van der Waals surface area contributed by atoms with E-state index >= 15 is 0 Å². The first-order valence-corrected chi connectivity index (χ1v) is 10.4. The predicted molar refractivity (Wildman–Crippen MR) is 127 cm³/mol. The van der Waals surface area contributed by atoms with Crippen LogP contribution in [0.5, 0.6) is 5.75 Å². The Morgan fingerprint density at radius 2 is 1.71 bits per heavy atom. The van der Waals surface area contributed by atoms with Gasteiger partial charge in [0.2, 0.25) is 0 Å². The fraction of sp³-hybridized carbons (Fsp3) is 0.120. The molecule has 1 aromatic heterocycles. The molecule has 0 fully saturated rings. The van der Waals surface area contributed by atoms with Gasteiger partial charge in [0.05, 0.1) is 35.5 Å². The van der Waals surface area contributed by atoms with Crippen LogP contribution in [0.1, 0.15) is 18.1 Å². The zero-order chi connectivity index (χ0) is 24.2. The third-order valence-corrected chi connectivity index (χ3v) is 5.36. The number of H-pyrrole nitrogens is 1. The molecule has 172 valence electrons. The quantitative estimate of drug-likeness (QED) is 0.241. The molecule has 0 radical (unpaired) electrons. The van der Waals surface area contributed by atoms with Crippen LogP contribution < -0.4 is 10.3 Å². The summed E-state index contributed by atoms with van der Waals surface area (Å²) in [6, 6.07) is 18.9. The number of nitro groups is 1. The summed E-state index contributed by atoms with van der Waals surface area (Å²) >= 11 is 0. The average molecular weight is 460 g/mol. The number of aromatic amines is 1. The number of non-ortho nitro benzene ring substituents is 1. The van der Waals surface area contributed by atoms with Crippen molar-refractivity contribution in [1.29, 1.82) is 0 Å². The van der Waals surface area contributed by atoms with Crippen molar-refractivity contribution < 1.29 is 14.1 Å². The average Bonchev–Trinajstić information content (AvgIpc) is 3.20. The Labute approximate surface area is 194 Å². The van der Waals surface area contributed by atoms with Crippen molar-refractivity contribution in [2.24, 2.45) is 4.99 Å². The van der Waals surface area contributed by atoms with Crippen molar-refractivity contribution in [3.05, 3.63) is 110 Å². The number of aliphatic imine (C=N–C) groups is 1. The number of rotatable bonds is 7. The largest absolute Gasteiger partial charge is 0.497 e. The Morgan fingerprint density at radius 3 is 2.29 bits per heavy atom. The van der Waals surface area contributed by atoms with Crippen molar-refractivity contribution in [1.82, 2.24) is 9.78 Å². The maximum Gasteiger partial charge on any atom is 0.280 e. The minimum atomic E-state index is -0.498. The van der Waals surface area contributed by atoms with Gasteiger partial charge >= 0.3 is 0 Å². The number of nitro benzene ring substituents is 1. The molecule has 9 heteroatoms. The van der Waals surface area contributed by atoms with Crippen molar-refractivity contribution in [2.75, 3.05) is 7.11 Å². The third kappa shape index (κ3) is 4.63. The molecular weight excluding hydrogens is 439 g/mol. The van der Waals surface area contributed by atoms with E-state index in [0.717, 1.165) is 11.1 Å². The Morgan fingerprint density at radius 1 is 1.06 bits per heavy atom. The summed E-state index contributed by atoms with van der Waals surface area (Å²) in [5, 5.41) is 14.1. The Kier molecular flexibility index (Phi) is 6.35. The number of nitrogens with zero attached hydrogens (tertiary/aromatic N) is 3. The molecule has 0 spiro atoms. The molecule has 0 aliphatic heterocycles. The molecule has 0 saturated carbocycles. The van der Waals surface area contributed by atoms with Gasteiger partial charge in [0.25, 0.3) is 11.2 Å². The molecule has 1 N–H and O–H groups in total. The molecule has 0 aliphatic rings. The fourth-order valence-electron chi connectivity index (χ4n) is 3.52. The van der Waals surface area contributed by atoms with Gasteiger partial charge in [-0.3, -0.25) is 25.0 Å². The number of nitrogens with one attached hydrogen (secondary N) is 1. The third-order valence-electron chi connectivity index (χ3n) is 5.36. The highest BCUT2D eigenvalue weighted by molar-refractivity contribution is 6.03. The maximum atomic E-state index is 13.4. The summed E-state index contributed by atoms with van der Waals surface area (Å²) in [6.07, 6.45) is 0. The number of hydrogen-bond acceptors (Lipinski definition) is 5. The number of benzene rings is 3. The van der Waals surface area contributed by atoms with E-state index in [1.54, 1.807) is 38.3 Å². The summed E-state index contributed by atoms with van der Waals surface area (Å²) in [4.78, 5) is 28.5. The van der Waals surface area contributed by atoms with Gasteiger partial charge in [-0.1, -0.05) is 12.1 Å². The van der Waals surface area contributed by atoms with Crippen molar-refractivity contribution in [3.8, 4) is 22.7 Å². The lowest BCUT2D eigenvalue weighted by Crippen LogP contribution is -2.19. The highest BCUT2D eigenvalue weighted by Gasteiger charge is 2.20. The van der Waals surface area contributed by atoms with E-state index in [2.05, 4.69) is 10.1 Å². The van der Waals surface area contributed by atoms with Gasteiger partial charge in [0.1, 0.15) is 11.6 Å². The lowest BCUT2D eigenvalue weighted by Gasteiger charge is -2.05. The standard InChI is InChI=1S/C25H21FN4O4/c1-16(27-15-17-3-7-19(26)8-4-17)23-24(18-5-13-22(34-2)14-6-18)28-29(25(23)31)20-9-11-21(12-10-20)30(32)33/h3-14,28H,15H2,1-2H3. The fourth-order valence-corrected chi connectivity index (χ4v) is 3.52. The van der Waals surface area contributed by atoms with Crippen LogP contribution in [0.25, 0.3) is 16.9 Å².